The molecule has 0 radical (unpaired) electrons. The fourth-order valence-electron chi connectivity index (χ4n) is 1.25. The Morgan fingerprint density at radius 1 is 1.41 bits per heavy atom. The Bertz CT molecular complexity index is 453. The van der Waals surface area contributed by atoms with Gasteiger partial charge in [-0.2, -0.15) is 5.10 Å². The Labute approximate surface area is 102 Å². The number of nitrogens with one attached hydrogen (secondary N) is 2. The first kappa shape index (κ1) is 14.0. The lowest BCUT2D eigenvalue weighted by atomic mass is 10.3. The molecule has 0 aliphatic heterocycles. The van der Waals surface area contributed by atoms with Gasteiger partial charge in [0, 0.05) is 25.8 Å². The highest BCUT2D eigenvalue weighted by atomic mass is 32.2. The summed E-state index contributed by atoms with van der Waals surface area (Å²) in [4.78, 5) is 0. The van der Waals surface area contributed by atoms with Crippen molar-refractivity contribution in [2.75, 3.05) is 11.3 Å². The smallest absolute Gasteiger partial charge is 0.236 e. The minimum atomic E-state index is -3.36. The number of anilines is 1. The summed E-state index contributed by atoms with van der Waals surface area (Å²) in [6.45, 7) is 6.06. The van der Waals surface area contributed by atoms with Gasteiger partial charge < -0.3 is 5.32 Å². The van der Waals surface area contributed by atoms with E-state index in [1.54, 1.807) is 24.9 Å². The zero-order valence-electron chi connectivity index (χ0n) is 10.6. The molecule has 0 saturated heterocycles. The van der Waals surface area contributed by atoms with Crippen molar-refractivity contribution in [1.29, 1.82) is 0 Å². The van der Waals surface area contributed by atoms with Crippen molar-refractivity contribution in [3.63, 3.8) is 0 Å². The number of sulfonamides is 1. The van der Waals surface area contributed by atoms with Gasteiger partial charge in [0.2, 0.25) is 10.0 Å². The van der Waals surface area contributed by atoms with Crippen LogP contribution in [0, 0.1) is 0 Å². The van der Waals surface area contributed by atoms with E-state index in [1.807, 2.05) is 13.8 Å². The molecule has 0 aromatic carbocycles. The Kier molecular flexibility index (Phi) is 4.53. The van der Waals surface area contributed by atoms with Crippen LogP contribution < -0.4 is 10.0 Å². The van der Waals surface area contributed by atoms with Crippen LogP contribution in [-0.2, 0) is 17.1 Å². The maximum atomic E-state index is 11.9. The third-order valence-corrected chi connectivity index (χ3v) is 4.05. The highest BCUT2D eigenvalue weighted by Crippen LogP contribution is 2.10. The van der Waals surface area contributed by atoms with Gasteiger partial charge >= 0.3 is 0 Å². The first-order valence-electron chi connectivity index (χ1n) is 5.55. The molecule has 0 aliphatic rings. The van der Waals surface area contributed by atoms with Crippen LogP contribution in [0.25, 0.3) is 0 Å². The molecule has 1 atom stereocenters. The summed E-state index contributed by atoms with van der Waals surface area (Å²) in [5.41, 5.74) is 0.490. The number of hydrogen-bond donors (Lipinski definition) is 2. The quantitative estimate of drug-likeness (QED) is 0.783. The number of aromatic nitrogens is 2. The summed E-state index contributed by atoms with van der Waals surface area (Å²) < 4.78 is 27.9. The first-order chi connectivity index (χ1) is 7.81. The molecule has 0 fully saturated rings. The fraction of sp³-hybridized carbons (Fsp3) is 0.700. The van der Waals surface area contributed by atoms with Crippen LogP contribution in [0.5, 0.6) is 0 Å². The number of aryl methyl sites for hydroxylation is 1. The predicted molar refractivity (Wildman–Crippen MR) is 68.4 cm³/mol. The highest BCUT2D eigenvalue weighted by Gasteiger charge is 2.21. The van der Waals surface area contributed by atoms with Crippen LogP contribution in [-0.4, -0.2) is 36.0 Å². The van der Waals surface area contributed by atoms with Gasteiger partial charge in [0.05, 0.1) is 17.1 Å². The fourth-order valence-corrected chi connectivity index (χ4v) is 2.20. The molecule has 7 heteroatoms. The van der Waals surface area contributed by atoms with Gasteiger partial charge in [-0.05, 0) is 6.92 Å². The van der Waals surface area contributed by atoms with E-state index in [0.717, 1.165) is 0 Å². The average molecular weight is 260 g/mol. The second-order valence-electron chi connectivity index (χ2n) is 4.42. The van der Waals surface area contributed by atoms with E-state index < -0.39 is 15.3 Å². The van der Waals surface area contributed by atoms with Gasteiger partial charge in [-0.3, -0.25) is 9.40 Å². The molecule has 0 amide bonds. The normalized spacial score (nSPS) is 13.9. The summed E-state index contributed by atoms with van der Waals surface area (Å²) in [6, 6.07) is 0.269. The van der Waals surface area contributed by atoms with Crippen LogP contribution >= 0.6 is 0 Å². The van der Waals surface area contributed by atoms with Gasteiger partial charge in [-0.1, -0.05) is 13.8 Å². The topological polar surface area (TPSA) is 76.0 Å². The van der Waals surface area contributed by atoms with E-state index in [-0.39, 0.29) is 6.04 Å². The minimum Gasteiger partial charge on any atom is -0.313 e. The van der Waals surface area contributed by atoms with Gasteiger partial charge in [0.1, 0.15) is 0 Å². The summed E-state index contributed by atoms with van der Waals surface area (Å²) in [6.07, 6.45) is 3.11. The lowest BCUT2D eigenvalue weighted by molar-refractivity contribution is 0.553. The van der Waals surface area contributed by atoms with E-state index in [1.165, 1.54) is 6.20 Å². The highest BCUT2D eigenvalue weighted by molar-refractivity contribution is 7.93. The van der Waals surface area contributed by atoms with Crippen LogP contribution in [0.4, 0.5) is 5.69 Å². The second-order valence-corrected chi connectivity index (χ2v) is 6.52. The summed E-state index contributed by atoms with van der Waals surface area (Å²) >= 11 is 0. The van der Waals surface area contributed by atoms with E-state index in [0.29, 0.717) is 12.2 Å². The Morgan fingerprint density at radius 2 is 2.06 bits per heavy atom. The molecule has 1 aromatic rings. The average Bonchev–Trinajstić information content (AvgIpc) is 2.59. The van der Waals surface area contributed by atoms with E-state index in [2.05, 4.69) is 15.1 Å². The maximum absolute atomic E-state index is 11.9. The summed E-state index contributed by atoms with van der Waals surface area (Å²) in [5.74, 6) is 0. The molecule has 0 aliphatic carbocycles. The predicted octanol–water partition coefficient (Wildman–Crippen LogP) is 0.548. The van der Waals surface area contributed by atoms with Crippen molar-refractivity contribution in [2.24, 2.45) is 7.05 Å². The van der Waals surface area contributed by atoms with Crippen molar-refractivity contribution < 1.29 is 8.42 Å². The van der Waals surface area contributed by atoms with Crippen LogP contribution in [0.3, 0.4) is 0 Å². The summed E-state index contributed by atoms with van der Waals surface area (Å²) in [5, 5.41) is 6.52. The largest absolute Gasteiger partial charge is 0.313 e. The second kappa shape index (κ2) is 5.50. The van der Waals surface area contributed by atoms with Crippen molar-refractivity contribution in [2.45, 2.75) is 32.1 Å². The minimum absolute atomic E-state index is 0.269. The van der Waals surface area contributed by atoms with Gasteiger partial charge in [0.25, 0.3) is 0 Å². The van der Waals surface area contributed by atoms with E-state index in [9.17, 15) is 8.42 Å². The molecule has 0 bridgehead atoms. The third kappa shape index (κ3) is 4.35. The molecule has 0 saturated carbocycles. The van der Waals surface area contributed by atoms with Gasteiger partial charge in [0.15, 0.2) is 0 Å². The van der Waals surface area contributed by atoms with Crippen molar-refractivity contribution in [1.82, 2.24) is 15.1 Å². The number of rotatable bonds is 6. The zero-order valence-corrected chi connectivity index (χ0v) is 11.5. The first-order valence-corrected chi connectivity index (χ1v) is 7.09. The number of hydrogen-bond acceptors (Lipinski definition) is 4. The molecular formula is C10H20N4O2S. The van der Waals surface area contributed by atoms with Crippen LogP contribution in [0.2, 0.25) is 0 Å². The molecule has 1 heterocycles. The molecule has 1 rings (SSSR count). The molecule has 1 aromatic heterocycles. The van der Waals surface area contributed by atoms with Crippen molar-refractivity contribution in [3.8, 4) is 0 Å². The SMILES string of the molecule is CC(C)NCC(C)S(=O)(=O)Nc1cnn(C)c1. The molecular weight excluding hydrogens is 240 g/mol. The molecule has 2 N–H and O–H groups in total. The molecule has 6 nitrogen and oxygen atoms in total. The molecule has 0 spiro atoms. The monoisotopic (exact) mass is 260 g/mol. The number of nitrogens with zero attached hydrogens (tertiary/aromatic N) is 2. The van der Waals surface area contributed by atoms with E-state index in [4.69, 9.17) is 0 Å². The standard InChI is InChI=1S/C10H20N4O2S/c1-8(2)11-5-9(3)17(15,16)13-10-6-12-14(4)7-10/h6-9,11,13H,5H2,1-4H3. The van der Waals surface area contributed by atoms with Crippen LogP contribution in [0.1, 0.15) is 20.8 Å². The van der Waals surface area contributed by atoms with E-state index >= 15 is 0 Å². The van der Waals surface area contributed by atoms with Crippen LogP contribution in [0.15, 0.2) is 12.4 Å². The Hall–Kier alpha value is -1.08. The maximum Gasteiger partial charge on any atom is 0.236 e. The lowest BCUT2D eigenvalue weighted by Crippen LogP contribution is -2.37. The summed E-state index contributed by atoms with van der Waals surface area (Å²) in [7, 11) is -1.62. The lowest BCUT2D eigenvalue weighted by Gasteiger charge is -2.16. The third-order valence-electron chi connectivity index (χ3n) is 2.31. The molecule has 98 valence electrons. The van der Waals surface area contributed by atoms with Gasteiger partial charge in [-0.15, -0.1) is 0 Å². The Morgan fingerprint density at radius 3 is 2.53 bits per heavy atom. The Balaban J connectivity index is 2.61. The molecule has 1 unspecified atom stereocenters. The van der Waals surface area contributed by atoms with Gasteiger partial charge in [-0.25, -0.2) is 8.42 Å². The van der Waals surface area contributed by atoms with Crippen molar-refractivity contribution >= 4 is 15.7 Å². The zero-order chi connectivity index (χ0) is 13.1. The van der Waals surface area contributed by atoms with Crippen molar-refractivity contribution in [3.05, 3.63) is 12.4 Å². The molecule has 17 heavy (non-hydrogen) atoms.